The molecular weight excluding hydrogens is 426 g/mol. The lowest BCUT2D eigenvalue weighted by Gasteiger charge is -2.17. The van der Waals surface area contributed by atoms with E-state index in [4.69, 9.17) is 4.74 Å². The number of hydrogen-bond acceptors (Lipinski definition) is 6. The molecule has 0 atom stereocenters. The summed E-state index contributed by atoms with van der Waals surface area (Å²) in [4.78, 5) is 10.7. The van der Waals surface area contributed by atoms with Gasteiger partial charge in [-0.3, -0.25) is 10.1 Å². The molecule has 0 spiro atoms. The minimum atomic E-state index is -3.75. The zero-order valence-electron chi connectivity index (χ0n) is 14.4. The van der Waals surface area contributed by atoms with Gasteiger partial charge in [0, 0.05) is 30.3 Å². The van der Waals surface area contributed by atoms with Crippen LogP contribution in [0.3, 0.4) is 0 Å². The molecule has 10 heteroatoms. The molecule has 0 aromatic heterocycles. The van der Waals surface area contributed by atoms with Gasteiger partial charge in [-0.05, 0) is 37.3 Å². The lowest BCUT2D eigenvalue weighted by molar-refractivity contribution is -0.384. The van der Waals surface area contributed by atoms with Gasteiger partial charge >= 0.3 is 0 Å². The SMILES string of the molecule is CCOc1ccc(Nc2ccc(Br)cc2[N+](=O)[O-])cc1S(=O)(=O)N(C)C. The highest BCUT2D eigenvalue weighted by Gasteiger charge is 2.23. The Hall–Kier alpha value is -2.17. The number of nitro groups is 1. The highest BCUT2D eigenvalue weighted by atomic mass is 79.9. The van der Waals surface area contributed by atoms with Crippen molar-refractivity contribution in [1.29, 1.82) is 0 Å². The Morgan fingerprint density at radius 2 is 1.92 bits per heavy atom. The van der Waals surface area contributed by atoms with Crippen LogP contribution in [-0.4, -0.2) is 38.3 Å². The van der Waals surface area contributed by atoms with E-state index >= 15 is 0 Å². The number of anilines is 2. The Kier molecular flexibility index (Phi) is 6.21. The number of sulfonamides is 1. The van der Waals surface area contributed by atoms with Gasteiger partial charge in [0.25, 0.3) is 5.69 Å². The van der Waals surface area contributed by atoms with Crippen LogP contribution < -0.4 is 10.1 Å². The van der Waals surface area contributed by atoms with Crippen LogP contribution in [-0.2, 0) is 10.0 Å². The van der Waals surface area contributed by atoms with Gasteiger partial charge < -0.3 is 10.1 Å². The third-order valence-corrected chi connectivity index (χ3v) is 5.77. The van der Waals surface area contributed by atoms with Gasteiger partial charge in [-0.25, -0.2) is 12.7 Å². The molecule has 0 bridgehead atoms. The van der Waals surface area contributed by atoms with Crippen LogP contribution in [0.1, 0.15) is 6.92 Å². The van der Waals surface area contributed by atoms with Gasteiger partial charge in [0.1, 0.15) is 16.3 Å². The van der Waals surface area contributed by atoms with Crippen molar-refractivity contribution in [3.8, 4) is 5.75 Å². The summed E-state index contributed by atoms with van der Waals surface area (Å²) in [6, 6.07) is 9.08. The Morgan fingerprint density at radius 1 is 1.23 bits per heavy atom. The van der Waals surface area contributed by atoms with E-state index in [1.54, 1.807) is 25.1 Å². The van der Waals surface area contributed by atoms with E-state index < -0.39 is 14.9 Å². The standard InChI is InChI=1S/C16H18BrN3O5S/c1-4-25-15-8-6-12(10-16(15)26(23,24)19(2)3)18-13-7-5-11(17)9-14(13)20(21)22/h5-10,18H,4H2,1-3H3. The molecule has 2 aromatic carbocycles. The Labute approximate surface area is 160 Å². The zero-order chi connectivity index (χ0) is 19.5. The molecule has 0 saturated carbocycles. The monoisotopic (exact) mass is 443 g/mol. The van der Waals surface area contributed by atoms with E-state index in [-0.39, 0.29) is 22.0 Å². The molecular formula is C16H18BrN3O5S. The first-order valence-electron chi connectivity index (χ1n) is 7.57. The zero-order valence-corrected chi connectivity index (χ0v) is 16.8. The molecule has 0 fully saturated rings. The van der Waals surface area contributed by atoms with E-state index in [0.717, 1.165) is 4.31 Å². The lowest BCUT2D eigenvalue weighted by atomic mass is 10.2. The van der Waals surface area contributed by atoms with Gasteiger partial charge in [0.05, 0.1) is 11.5 Å². The van der Waals surface area contributed by atoms with Crippen LogP contribution in [0.2, 0.25) is 0 Å². The molecule has 2 aromatic rings. The normalized spacial score (nSPS) is 11.4. The van der Waals surface area contributed by atoms with E-state index in [1.165, 1.54) is 32.3 Å². The maximum absolute atomic E-state index is 12.6. The summed E-state index contributed by atoms with van der Waals surface area (Å²) < 4.78 is 32.2. The van der Waals surface area contributed by atoms with Crippen molar-refractivity contribution in [2.24, 2.45) is 0 Å². The van der Waals surface area contributed by atoms with Gasteiger partial charge in [0.2, 0.25) is 10.0 Å². The fourth-order valence-corrected chi connectivity index (χ4v) is 3.58. The van der Waals surface area contributed by atoms with E-state index in [9.17, 15) is 18.5 Å². The largest absolute Gasteiger partial charge is 0.492 e. The van der Waals surface area contributed by atoms with Crippen LogP contribution in [0.4, 0.5) is 17.1 Å². The number of nitro benzene ring substituents is 1. The van der Waals surface area contributed by atoms with Crippen LogP contribution >= 0.6 is 15.9 Å². The molecule has 0 aliphatic rings. The molecule has 26 heavy (non-hydrogen) atoms. The first-order valence-corrected chi connectivity index (χ1v) is 9.80. The van der Waals surface area contributed by atoms with E-state index in [0.29, 0.717) is 16.8 Å². The number of hydrogen-bond donors (Lipinski definition) is 1. The first kappa shape index (κ1) is 20.1. The predicted molar refractivity (Wildman–Crippen MR) is 103 cm³/mol. The molecule has 0 aliphatic heterocycles. The topological polar surface area (TPSA) is 102 Å². The van der Waals surface area contributed by atoms with Gasteiger partial charge in [-0.2, -0.15) is 0 Å². The minimum absolute atomic E-state index is 0.0193. The van der Waals surface area contributed by atoms with Crippen LogP contribution in [0.25, 0.3) is 0 Å². The van der Waals surface area contributed by atoms with Crippen molar-refractivity contribution >= 4 is 43.0 Å². The molecule has 0 heterocycles. The van der Waals surface area contributed by atoms with Crippen LogP contribution in [0.5, 0.6) is 5.75 Å². The Morgan fingerprint density at radius 3 is 2.50 bits per heavy atom. The summed E-state index contributed by atoms with van der Waals surface area (Å²) >= 11 is 3.20. The number of rotatable bonds is 7. The van der Waals surface area contributed by atoms with Gasteiger partial charge in [-0.1, -0.05) is 15.9 Å². The predicted octanol–water partition coefficient (Wildman–Crippen LogP) is 3.75. The maximum atomic E-state index is 12.6. The van der Waals surface area contributed by atoms with Crippen molar-refractivity contribution in [3.63, 3.8) is 0 Å². The van der Waals surface area contributed by atoms with Crippen LogP contribution in [0, 0.1) is 10.1 Å². The fourth-order valence-electron chi connectivity index (χ4n) is 2.18. The summed E-state index contributed by atoms with van der Waals surface area (Å²) in [6.45, 7) is 2.06. The number of nitrogens with one attached hydrogen (secondary N) is 1. The Balaban J connectivity index is 2.51. The third kappa shape index (κ3) is 4.32. The quantitative estimate of drug-likeness (QED) is 0.516. The second kappa shape index (κ2) is 8.02. The van der Waals surface area contributed by atoms with Crippen molar-refractivity contribution in [2.75, 3.05) is 26.0 Å². The summed E-state index contributed by atoms with van der Waals surface area (Å²) in [5.74, 6) is 0.219. The van der Waals surface area contributed by atoms with Gasteiger partial charge in [0.15, 0.2) is 0 Å². The molecule has 0 aliphatic carbocycles. The summed E-state index contributed by atoms with van der Waals surface area (Å²) in [7, 11) is -0.908. The van der Waals surface area contributed by atoms with Crippen molar-refractivity contribution < 1.29 is 18.1 Å². The number of ether oxygens (including phenoxy) is 1. The van der Waals surface area contributed by atoms with E-state index in [1.807, 2.05) is 0 Å². The highest BCUT2D eigenvalue weighted by molar-refractivity contribution is 9.10. The van der Waals surface area contributed by atoms with E-state index in [2.05, 4.69) is 21.2 Å². The van der Waals surface area contributed by atoms with Crippen molar-refractivity contribution in [2.45, 2.75) is 11.8 Å². The maximum Gasteiger partial charge on any atom is 0.293 e. The number of benzene rings is 2. The molecule has 0 amide bonds. The first-order chi connectivity index (χ1) is 12.2. The molecule has 0 saturated heterocycles. The Bertz CT molecular complexity index is 931. The number of halogens is 1. The number of nitrogens with zero attached hydrogens (tertiary/aromatic N) is 2. The van der Waals surface area contributed by atoms with Crippen molar-refractivity contribution in [1.82, 2.24) is 4.31 Å². The minimum Gasteiger partial charge on any atom is -0.492 e. The van der Waals surface area contributed by atoms with Gasteiger partial charge in [-0.15, -0.1) is 0 Å². The second-order valence-electron chi connectivity index (χ2n) is 5.43. The van der Waals surface area contributed by atoms with Crippen LogP contribution in [0.15, 0.2) is 45.8 Å². The molecule has 8 nitrogen and oxygen atoms in total. The van der Waals surface area contributed by atoms with Crippen molar-refractivity contribution in [3.05, 3.63) is 51.0 Å². The second-order valence-corrected chi connectivity index (χ2v) is 8.46. The molecule has 1 N–H and O–H groups in total. The summed E-state index contributed by atoms with van der Waals surface area (Å²) in [6.07, 6.45) is 0. The summed E-state index contributed by atoms with van der Waals surface area (Å²) in [5.41, 5.74) is 0.500. The smallest absolute Gasteiger partial charge is 0.293 e. The molecule has 0 unspecified atom stereocenters. The average molecular weight is 444 g/mol. The average Bonchev–Trinajstić information content (AvgIpc) is 2.57. The molecule has 140 valence electrons. The highest BCUT2D eigenvalue weighted by Crippen LogP contribution is 2.34. The molecule has 2 rings (SSSR count). The molecule has 0 radical (unpaired) electrons. The summed E-state index contributed by atoms with van der Waals surface area (Å²) in [5, 5.41) is 14.1. The third-order valence-electron chi connectivity index (χ3n) is 3.44. The fraction of sp³-hybridized carbons (Fsp3) is 0.250. The lowest BCUT2D eigenvalue weighted by Crippen LogP contribution is -2.23.